The molecule has 0 saturated carbocycles. The zero-order valence-corrected chi connectivity index (χ0v) is 16.4. The van der Waals surface area contributed by atoms with Crippen LogP contribution in [0.15, 0.2) is 36.5 Å². The summed E-state index contributed by atoms with van der Waals surface area (Å²) in [5, 5.41) is 0. The van der Waals surface area contributed by atoms with E-state index in [1.54, 1.807) is 0 Å². The minimum atomic E-state index is 0.881. The molecule has 0 N–H and O–H groups in total. The first-order chi connectivity index (χ1) is 10.4. The Hall–Kier alpha value is 0.260. The maximum Gasteiger partial charge on any atom is 0.0650 e. The van der Waals surface area contributed by atoms with Crippen LogP contribution in [0.5, 0.6) is 0 Å². The maximum atomic E-state index is 5.22. The van der Waals surface area contributed by atoms with Crippen LogP contribution in [0.3, 0.4) is 0 Å². The topological polar surface area (TPSA) is 9.23 Å². The molecule has 0 rings (SSSR count). The molecule has 0 heterocycles. The first kappa shape index (κ1) is 21.3. The van der Waals surface area contributed by atoms with Crippen molar-refractivity contribution < 1.29 is 4.18 Å². The minimum absolute atomic E-state index is 0.881. The molecule has 0 unspecified atom stereocenters. The van der Waals surface area contributed by atoms with Crippen molar-refractivity contribution in [2.45, 2.75) is 71.1 Å². The zero-order chi connectivity index (χ0) is 15.4. The van der Waals surface area contributed by atoms with Gasteiger partial charge in [0.25, 0.3) is 0 Å². The fourth-order valence-electron chi connectivity index (χ4n) is 1.92. The van der Waals surface area contributed by atoms with Crippen molar-refractivity contribution in [2.24, 2.45) is 0 Å². The van der Waals surface area contributed by atoms with E-state index >= 15 is 0 Å². The number of hydrogen-bond donors (Lipinski definition) is 0. The van der Waals surface area contributed by atoms with Crippen LogP contribution in [0, 0.1) is 0 Å². The lowest BCUT2D eigenvalue weighted by Gasteiger charge is -1.97. The third kappa shape index (κ3) is 20.3. The van der Waals surface area contributed by atoms with Gasteiger partial charge in [-0.1, -0.05) is 62.6 Å². The van der Waals surface area contributed by atoms with Crippen molar-refractivity contribution in [1.29, 1.82) is 0 Å². The van der Waals surface area contributed by atoms with Crippen LogP contribution in [-0.2, 0) is 4.18 Å². The number of halogens is 1. The van der Waals surface area contributed by atoms with Gasteiger partial charge in [-0.15, -0.1) is 0 Å². The Balaban J connectivity index is 3.24. The lowest BCUT2D eigenvalue weighted by Crippen LogP contribution is -1.84. The van der Waals surface area contributed by atoms with Gasteiger partial charge in [0.15, 0.2) is 0 Å². The lowest BCUT2D eigenvalue weighted by molar-refractivity contribution is 0.363. The Bertz CT molecular complexity index is 274. The van der Waals surface area contributed by atoms with Crippen molar-refractivity contribution in [3.8, 4) is 0 Å². The van der Waals surface area contributed by atoms with Crippen molar-refractivity contribution >= 4 is 30.4 Å². The smallest absolute Gasteiger partial charge is 0.0650 e. The van der Waals surface area contributed by atoms with E-state index < -0.39 is 0 Å². The molecule has 0 aromatic rings. The lowest BCUT2D eigenvalue weighted by atomic mass is 10.2. The van der Waals surface area contributed by atoms with E-state index in [9.17, 15) is 0 Å². The molecular weight excluding hydrogens is 391 g/mol. The molecule has 0 spiro atoms. The van der Waals surface area contributed by atoms with Crippen molar-refractivity contribution in [3.05, 3.63) is 36.5 Å². The van der Waals surface area contributed by atoms with Gasteiger partial charge in [0.05, 0.1) is 15.8 Å². The molecule has 0 aliphatic heterocycles. The quantitative estimate of drug-likeness (QED) is 0.116. The molecule has 0 atom stereocenters. The van der Waals surface area contributed by atoms with E-state index in [-0.39, 0.29) is 0 Å². The molecule has 0 fully saturated rings. The van der Waals surface area contributed by atoms with E-state index in [4.69, 9.17) is 4.18 Å². The molecular formula is C18H31IOS. The van der Waals surface area contributed by atoms with Gasteiger partial charge in [0.1, 0.15) is 0 Å². The van der Waals surface area contributed by atoms with Gasteiger partial charge in [-0.25, -0.2) is 0 Å². The fourth-order valence-corrected chi connectivity index (χ4v) is 2.64. The SMILES string of the molecule is CCCCC/C=C\C/C=C\C/C=C\CCCCCOSI. The predicted octanol–water partition coefficient (Wildman–Crippen LogP) is 7.59. The Morgan fingerprint density at radius 3 is 1.90 bits per heavy atom. The van der Waals surface area contributed by atoms with Gasteiger partial charge in [0.2, 0.25) is 0 Å². The van der Waals surface area contributed by atoms with Gasteiger partial charge < -0.3 is 4.18 Å². The van der Waals surface area contributed by atoms with Crippen molar-refractivity contribution in [1.82, 2.24) is 0 Å². The fraction of sp³-hybridized carbons (Fsp3) is 0.667. The molecule has 0 aliphatic carbocycles. The molecule has 0 aliphatic rings. The highest BCUT2D eigenvalue weighted by atomic mass is 127. The summed E-state index contributed by atoms with van der Waals surface area (Å²) in [6.07, 6.45) is 26.0. The number of rotatable bonds is 15. The summed E-state index contributed by atoms with van der Waals surface area (Å²) < 4.78 is 5.22. The highest BCUT2D eigenvalue weighted by molar-refractivity contribution is 14.2. The molecule has 122 valence electrons. The highest BCUT2D eigenvalue weighted by Gasteiger charge is 1.88. The average molecular weight is 422 g/mol. The second-order valence-corrected chi connectivity index (χ2v) is 6.56. The van der Waals surface area contributed by atoms with E-state index in [0.29, 0.717) is 0 Å². The molecule has 0 radical (unpaired) electrons. The van der Waals surface area contributed by atoms with Crippen LogP contribution in [0.1, 0.15) is 71.1 Å². The van der Waals surface area contributed by atoms with Crippen LogP contribution in [0.25, 0.3) is 0 Å². The van der Waals surface area contributed by atoms with Gasteiger partial charge in [-0.3, -0.25) is 0 Å². The van der Waals surface area contributed by atoms with E-state index in [1.165, 1.54) is 60.6 Å². The summed E-state index contributed by atoms with van der Waals surface area (Å²) in [6.45, 7) is 3.13. The van der Waals surface area contributed by atoms with Crippen LogP contribution in [-0.4, -0.2) is 6.61 Å². The molecule has 0 amide bonds. The third-order valence-corrected chi connectivity index (χ3v) is 4.18. The standard InChI is InChI=1S/C18H31IOS/c1-2-3-4-5-6-7-8-9-10-11-12-13-14-15-16-17-18-20-21-19/h6-7,9-10,12-13H,2-5,8,11,14-18H2,1H3/b7-6-,10-9-,13-12-. The monoisotopic (exact) mass is 422 g/mol. The van der Waals surface area contributed by atoms with Gasteiger partial charge in [0, 0.05) is 21.2 Å². The summed E-state index contributed by atoms with van der Waals surface area (Å²) in [6, 6.07) is 0. The summed E-state index contributed by atoms with van der Waals surface area (Å²) in [4.78, 5) is 0. The minimum Gasteiger partial charge on any atom is -0.305 e. The van der Waals surface area contributed by atoms with E-state index in [0.717, 1.165) is 19.4 Å². The molecule has 0 bridgehead atoms. The van der Waals surface area contributed by atoms with Crippen LogP contribution < -0.4 is 0 Å². The van der Waals surface area contributed by atoms with E-state index in [1.807, 2.05) is 0 Å². The number of hydrogen-bond acceptors (Lipinski definition) is 2. The van der Waals surface area contributed by atoms with Gasteiger partial charge in [-0.05, 0) is 44.9 Å². The van der Waals surface area contributed by atoms with Crippen molar-refractivity contribution in [3.63, 3.8) is 0 Å². The van der Waals surface area contributed by atoms with Crippen LogP contribution in [0.4, 0.5) is 0 Å². The summed E-state index contributed by atoms with van der Waals surface area (Å²) in [7, 11) is 1.43. The summed E-state index contributed by atoms with van der Waals surface area (Å²) in [5.74, 6) is 0. The van der Waals surface area contributed by atoms with Crippen LogP contribution >= 0.6 is 30.4 Å². The first-order valence-electron chi connectivity index (χ1n) is 8.27. The highest BCUT2D eigenvalue weighted by Crippen LogP contribution is 2.13. The Morgan fingerprint density at radius 1 is 0.762 bits per heavy atom. The number of unbranched alkanes of at least 4 members (excludes halogenated alkanes) is 6. The molecule has 21 heavy (non-hydrogen) atoms. The zero-order valence-electron chi connectivity index (χ0n) is 13.4. The Morgan fingerprint density at radius 2 is 1.33 bits per heavy atom. The second kappa shape index (κ2) is 20.3. The largest absolute Gasteiger partial charge is 0.305 e. The Labute approximate surface area is 148 Å². The number of allylic oxidation sites excluding steroid dienone is 6. The van der Waals surface area contributed by atoms with Crippen molar-refractivity contribution in [2.75, 3.05) is 6.61 Å². The van der Waals surface area contributed by atoms with Gasteiger partial charge in [-0.2, -0.15) is 0 Å². The first-order valence-corrected chi connectivity index (χ1v) is 11.6. The molecule has 3 heteroatoms. The third-order valence-electron chi connectivity index (χ3n) is 3.16. The Kier molecular flexibility index (Phi) is 20.5. The maximum absolute atomic E-state index is 5.22. The normalized spacial score (nSPS) is 12.3. The molecule has 0 aromatic heterocycles. The summed E-state index contributed by atoms with van der Waals surface area (Å²) in [5.41, 5.74) is 0. The molecule has 0 saturated heterocycles. The molecule has 1 nitrogen and oxygen atoms in total. The van der Waals surface area contributed by atoms with Gasteiger partial charge >= 0.3 is 0 Å². The second-order valence-electron chi connectivity index (χ2n) is 5.12. The van der Waals surface area contributed by atoms with E-state index in [2.05, 4.69) is 64.6 Å². The van der Waals surface area contributed by atoms with Crippen LogP contribution in [0.2, 0.25) is 0 Å². The molecule has 0 aromatic carbocycles. The average Bonchev–Trinajstić information content (AvgIpc) is 2.50. The predicted molar refractivity (Wildman–Crippen MR) is 107 cm³/mol. The summed E-state index contributed by atoms with van der Waals surface area (Å²) >= 11 is 2.16.